The fourth-order valence-electron chi connectivity index (χ4n) is 3.90. The topological polar surface area (TPSA) is 21.7 Å². The number of hydrogen-bond acceptors (Lipinski definition) is 1. The van der Waals surface area contributed by atoms with Crippen LogP contribution in [0.2, 0.25) is 0 Å². The Bertz CT molecular complexity index is 1310. The van der Waals surface area contributed by atoms with Crippen molar-refractivity contribution in [3.63, 3.8) is 0 Å². The molecule has 26 heavy (non-hydrogen) atoms. The molecule has 126 valence electrons. The van der Waals surface area contributed by atoms with Gasteiger partial charge in [-0.05, 0) is 52.5 Å². The Morgan fingerprint density at radius 1 is 0.923 bits per heavy atom. The van der Waals surface area contributed by atoms with Crippen LogP contribution in [-0.4, -0.2) is 9.55 Å². The highest BCUT2D eigenvalue weighted by Crippen LogP contribution is 2.31. The van der Waals surface area contributed by atoms with Crippen molar-refractivity contribution in [3.8, 4) is 11.4 Å². The smallest absolute Gasteiger partial charge is 0.331 e. The lowest BCUT2D eigenvalue weighted by Crippen LogP contribution is -2.32. The summed E-state index contributed by atoms with van der Waals surface area (Å²) in [6.07, 6.45) is 4.30. The molecule has 2 heterocycles. The van der Waals surface area contributed by atoms with E-state index in [1.165, 1.54) is 32.8 Å². The molecule has 0 bridgehead atoms. The van der Waals surface area contributed by atoms with E-state index in [-0.39, 0.29) is 0 Å². The van der Waals surface area contributed by atoms with Crippen molar-refractivity contribution in [2.75, 3.05) is 0 Å². The van der Waals surface area contributed by atoms with Gasteiger partial charge < -0.3 is 4.57 Å². The molecule has 0 saturated carbocycles. The zero-order chi connectivity index (χ0) is 17.8. The average Bonchev–Trinajstić information content (AvgIpc) is 3.01. The number of nitrogens with zero attached hydrogens (tertiary/aromatic N) is 3. The highest BCUT2D eigenvalue weighted by atomic mass is 15.0. The summed E-state index contributed by atoms with van der Waals surface area (Å²) in [4.78, 5) is 5.07. The highest BCUT2D eigenvalue weighted by Gasteiger charge is 2.21. The zero-order valence-corrected chi connectivity index (χ0v) is 15.2. The molecule has 5 rings (SSSR count). The van der Waals surface area contributed by atoms with Crippen LogP contribution in [0.5, 0.6) is 0 Å². The van der Waals surface area contributed by atoms with Crippen molar-refractivity contribution in [1.29, 1.82) is 0 Å². The quantitative estimate of drug-likeness (QED) is 0.321. The molecule has 0 aliphatic carbocycles. The number of fused-ring (bicyclic) bond motifs is 3. The molecule has 3 heteroatoms. The number of benzene rings is 3. The molecule has 3 aromatic carbocycles. The van der Waals surface area contributed by atoms with Crippen LogP contribution in [0.25, 0.3) is 44.0 Å². The Hall–Kier alpha value is -3.20. The molecule has 0 N–H and O–H groups in total. The van der Waals surface area contributed by atoms with Crippen LogP contribution in [-0.2, 0) is 14.1 Å². The fourth-order valence-corrected chi connectivity index (χ4v) is 3.90. The van der Waals surface area contributed by atoms with Gasteiger partial charge in [0.15, 0.2) is 5.52 Å². The maximum Gasteiger partial charge on any atom is 0.331 e. The monoisotopic (exact) mass is 338 g/mol. The number of aromatic nitrogens is 3. The highest BCUT2D eigenvalue weighted by molar-refractivity contribution is 5.98. The lowest BCUT2D eigenvalue weighted by atomic mass is 10.0. The third kappa shape index (κ3) is 2.14. The molecule has 0 saturated heterocycles. The maximum atomic E-state index is 5.07. The van der Waals surface area contributed by atoms with Gasteiger partial charge in [-0.3, -0.25) is 0 Å². The van der Waals surface area contributed by atoms with Gasteiger partial charge in [0.25, 0.3) is 0 Å². The summed E-state index contributed by atoms with van der Waals surface area (Å²) in [6.45, 7) is 2.16. The van der Waals surface area contributed by atoms with Crippen LogP contribution < -0.4 is 4.57 Å². The van der Waals surface area contributed by atoms with Crippen molar-refractivity contribution < 1.29 is 4.57 Å². The largest absolute Gasteiger partial charge is 0.351 e. The van der Waals surface area contributed by atoms with E-state index in [9.17, 15) is 0 Å². The summed E-state index contributed by atoms with van der Waals surface area (Å²) in [7, 11) is 4.17. The summed E-state index contributed by atoms with van der Waals surface area (Å²) in [6, 6.07) is 19.4. The van der Waals surface area contributed by atoms with Gasteiger partial charge in [0.2, 0.25) is 0 Å². The van der Waals surface area contributed by atoms with Gasteiger partial charge in [-0.25, -0.2) is 4.57 Å². The first-order valence-corrected chi connectivity index (χ1v) is 8.86. The standard InChI is InChI=1S/C23H20N3/c1-15-8-9-21-19(10-11-25(21)2)22(15)23-24-20-13-17-7-5-4-6-16(17)12-18(20)14-26(23)3/h4-14H,1-3H3/q+1. The Balaban J connectivity index is 1.86. The summed E-state index contributed by atoms with van der Waals surface area (Å²) in [5, 5.41) is 4.88. The number of aryl methyl sites for hydroxylation is 3. The van der Waals surface area contributed by atoms with E-state index in [4.69, 9.17) is 4.98 Å². The maximum absolute atomic E-state index is 5.07. The van der Waals surface area contributed by atoms with Crippen molar-refractivity contribution in [2.45, 2.75) is 6.92 Å². The minimum absolute atomic E-state index is 1.00. The van der Waals surface area contributed by atoms with E-state index in [1.807, 2.05) is 0 Å². The van der Waals surface area contributed by atoms with Crippen LogP contribution in [0, 0.1) is 6.92 Å². The molecule has 0 aliphatic heterocycles. The van der Waals surface area contributed by atoms with Gasteiger partial charge in [0.1, 0.15) is 6.20 Å². The molecular weight excluding hydrogens is 318 g/mol. The van der Waals surface area contributed by atoms with E-state index < -0.39 is 0 Å². The second-order valence-corrected chi connectivity index (χ2v) is 7.05. The minimum Gasteiger partial charge on any atom is -0.351 e. The van der Waals surface area contributed by atoms with Crippen molar-refractivity contribution in [1.82, 2.24) is 9.55 Å². The average molecular weight is 338 g/mol. The lowest BCUT2D eigenvalue weighted by Gasteiger charge is -2.07. The minimum atomic E-state index is 1.00. The normalized spacial score (nSPS) is 11.7. The third-order valence-corrected chi connectivity index (χ3v) is 5.29. The Morgan fingerprint density at radius 3 is 2.50 bits per heavy atom. The zero-order valence-electron chi connectivity index (χ0n) is 15.2. The first kappa shape index (κ1) is 15.1. The van der Waals surface area contributed by atoms with Crippen LogP contribution in [0.15, 0.2) is 67.0 Å². The van der Waals surface area contributed by atoms with Gasteiger partial charge in [0.05, 0.1) is 18.0 Å². The van der Waals surface area contributed by atoms with Crippen molar-refractivity contribution >= 4 is 32.6 Å². The second kappa shape index (κ2) is 5.40. The first-order valence-electron chi connectivity index (χ1n) is 8.86. The molecular formula is C23H20N3+. The van der Waals surface area contributed by atoms with Gasteiger partial charge in [-0.15, -0.1) is 0 Å². The van der Waals surface area contributed by atoms with E-state index in [0.29, 0.717) is 0 Å². The molecule has 0 radical (unpaired) electrons. The summed E-state index contributed by atoms with van der Waals surface area (Å²) >= 11 is 0. The molecule has 0 aliphatic rings. The molecule has 5 aromatic rings. The SMILES string of the molecule is Cc1ccc2c(ccn2C)c1-c1nc2cc3ccccc3cc2c[n+]1C. The van der Waals surface area contributed by atoms with Gasteiger partial charge in [-0.1, -0.05) is 30.3 Å². The second-order valence-electron chi connectivity index (χ2n) is 7.05. The fraction of sp³-hybridized carbons (Fsp3) is 0.130. The number of hydrogen-bond donors (Lipinski definition) is 0. The first-order chi connectivity index (χ1) is 12.6. The van der Waals surface area contributed by atoms with Crippen LogP contribution in [0.4, 0.5) is 0 Å². The van der Waals surface area contributed by atoms with Crippen LogP contribution in [0.1, 0.15) is 5.56 Å². The molecule has 0 fully saturated rings. The Kier molecular flexibility index (Phi) is 3.13. The molecule has 0 unspecified atom stereocenters. The molecule has 0 atom stereocenters. The lowest BCUT2D eigenvalue weighted by molar-refractivity contribution is -0.661. The molecule has 2 aromatic heterocycles. The van der Waals surface area contributed by atoms with Crippen molar-refractivity contribution in [3.05, 3.63) is 72.6 Å². The Morgan fingerprint density at radius 2 is 1.69 bits per heavy atom. The van der Waals surface area contributed by atoms with E-state index in [2.05, 4.69) is 97.1 Å². The predicted molar refractivity (Wildman–Crippen MR) is 107 cm³/mol. The van der Waals surface area contributed by atoms with Gasteiger partial charge in [-0.2, -0.15) is 0 Å². The van der Waals surface area contributed by atoms with Gasteiger partial charge >= 0.3 is 5.82 Å². The molecule has 0 spiro atoms. The predicted octanol–water partition coefficient (Wildman–Crippen LogP) is 4.68. The van der Waals surface area contributed by atoms with Crippen LogP contribution >= 0.6 is 0 Å². The van der Waals surface area contributed by atoms with Gasteiger partial charge in [0, 0.05) is 24.1 Å². The summed E-state index contributed by atoms with van der Waals surface area (Å²) in [5.41, 5.74) is 4.71. The Labute approximate surface area is 152 Å². The number of rotatable bonds is 1. The molecule has 3 nitrogen and oxygen atoms in total. The van der Waals surface area contributed by atoms with E-state index in [0.717, 1.165) is 16.7 Å². The van der Waals surface area contributed by atoms with E-state index >= 15 is 0 Å². The van der Waals surface area contributed by atoms with Crippen LogP contribution in [0.3, 0.4) is 0 Å². The summed E-state index contributed by atoms with van der Waals surface area (Å²) in [5.74, 6) is 1.00. The summed E-state index contributed by atoms with van der Waals surface area (Å²) < 4.78 is 4.30. The van der Waals surface area contributed by atoms with E-state index in [1.54, 1.807) is 0 Å². The third-order valence-electron chi connectivity index (χ3n) is 5.29. The molecule has 0 amide bonds. The van der Waals surface area contributed by atoms with Crippen molar-refractivity contribution in [2.24, 2.45) is 14.1 Å².